The molecule has 0 aliphatic carbocycles. The molecule has 1 rings (SSSR count). The molecule has 0 saturated heterocycles. The third-order valence-corrected chi connectivity index (χ3v) is 3.69. The summed E-state index contributed by atoms with van der Waals surface area (Å²) in [6.45, 7) is 0.258. The fourth-order valence-electron chi connectivity index (χ4n) is 1.20. The van der Waals surface area contributed by atoms with Gasteiger partial charge in [0.05, 0.1) is 10.7 Å². The van der Waals surface area contributed by atoms with Gasteiger partial charge in [-0.25, -0.2) is 13.1 Å². The van der Waals surface area contributed by atoms with E-state index in [1.165, 1.54) is 0 Å². The zero-order valence-corrected chi connectivity index (χ0v) is 10.9. The summed E-state index contributed by atoms with van der Waals surface area (Å²) in [6.07, 6.45) is 4.12. The van der Waals surface area contributed by atoms with E-state index in [4.69, 9.17) is 5.73 Å². The Bertz CT molecular complexity index is 460. The standard InChI is InChI=1S/C10H15N3O2S2/c11-10(16)3-7-13-17(14,15)8-4-9-1-5-12-6-2-9/h1-2,5-6,13H,3-4,7-8H2,(H2,11,16). The molecule has 0 amide bonds. The Morgan fingerprint density at radius 3 is 2.65 bits per heavy atom. The van der Waals surface area contributed by atoms with Crippen LogP contribution < -0.4 is 10.5 Å². The molecule has 94 valence electrons. The Balaban J connectivity index is 2.37. The first kappa shape index (κ1) is 14.0. The molecule has 0 fully saturated rings. The zero-order chi connectivity index (χ0) is 12.7. The Morgan fingerprint density at radius 2 is 2.06 bits per heavy atom. The van der Waals surface area contributed by atoms with Crippen LogP contribution in [0.5, 0.6) is 0 Å². The predicted octanol–water partition coefficient (Wildman–Crippen LogP) is 0.220. The molecule has 7 heteroatoms. The highest BCUT2D eigenvalue weighted by atomic mass is 32.2. The lowest BCUT2D eigenvalue weighted by Crippen LogP contribution is -2.30. The second kappa shape index (κ2) is 6.63. The van der Waals surface area contributed by atoms with Gasteiger partial charge in [-0.05, 0) is 24.1 Å². The van der Waals surface area contributed by atoms with E-state index in [2.05, 4.69) is 21.9 Å². The van der Waals surface area contributed by atoms with Crippen LogP contribution in [0, 0.1) is 0 Å². The van der Waals surface area contributed by atoms with Crippen LogP contribution in [0.3, 0.4) is 0 Å². The van der Waals surface area contributed by atoms with Crippen molar-refractivity contribution in [3.05, 3.63) is 30.1 Å². The molecule has 17 heavy (non-hydrogen) atoms. The molecular weight excluding hydrogens is 258 g/mol. The van der Waals surface area contributed by atoms with Gasteiger partial charge in [-0.15, -0.1) is 0 Å². The van der Waals surface area contributed by atoms with Crippen molar-refractivity contribution in [3.8, 4) is 0 Å². The van der Waals surface area contributed by atoms with Crippen molar-refractivity contribution < 1.29 is 8.42 Å². The minimum atomic E-state index is -3.26. The van der Waals surface area contributed by atoms with E-state index in [1.54, 1.807) is 24.5 Å². The van der Waals surface area contributed by atoms with Crippen LogP contribution in [0.2, 0.25) is 0 Å². The van der Waals surface area contributed by atoms with E-state index >= 15 is 0 Å². The van der Waals surface area contributed by atoms with Gasteiger partial charge in [-0.3, -0.25) is 4.98 Å². The molecule has 0 spiro atoms. The Hall–Kier alpha value is -1.05. The van der Waals surface area contributed by atoms with Gasteiger partial charge in [0.1, 0.15) is 0 Å². The van der Waals surface area contributed by atoms with E-state index in [0.29, 0.717) is 17.8 Å². The number of sulfonamides is 1. The molecule has 0 atom stereocenters. The van der Waals surface area contributed by atoms with E-state index in [-0.39, 0.29) is 12.3 Å². The Kier molecular flexibility index (Phi) is 5.46. The number of thiocarbonyl (C=S) groups is 1. The molecule has 1 aromatic heterocycles. The van der Waals surface area contributed by atoms with Crippen molar-refractivity contribution in [2.75, 3.05) is 12.3 Å². The average molecular weight is 273 g/mol. The predicted molar refractivity (Wildman–Crippen MR) is 71.1 cm³/mol. The van der Waals surface area contributed by atoms with Crippen molar-refractivity contribution in [1.29, 1.82) is 0 Å². The summed E-state index contributed by atoms with van der Waals surface area (Å²) >= 11 is 4.66. The second-order valence-corrected chi connectivity index (χ2v) is 5.99. The summed E-state index contributed by atoms with van der Waals surface area (Å²) in [5.41, 5.74) is 6.22. The number of aryl methyl sites for hydroxylation is 1. The lowest BCUT2D eigenvalue weighted by Gasteiger charge is -2.06. The topological polar surface area (TPSA) is 85.1 Å². The van der Waals surface area contributed by atoms with Crippen LogP contribution in [0.1, 0.15) is 12.0 Å². The lowest BCUT2D eigenvalue weighted by atomic mass is 10.2. The molecule has 0 aromatic carbocycles. The van der Waals surface area contributed by atoms with Gasteiger partial charge in [0, 0.05) is 25.4 Å². The fourth-order valence-corrected chi connectivity index (χ4v) is 2.37. The molecule has 0 saturated carbocycles. The van der Waals surface area contributed by atoms with Crippen molar-refractivity contribution in [3.63, 3.8) is 0 Å². The van der Waals surface area contributed by atoms with Crippen molar-refractivity contribution in [1.82, 2.24) is 9.71 Å². The van der Waals surface area contributed by atoms with Gasteiger partial charge in [0.25, 0.3) is 0 Å². The van der Waals surface area contributed by atoms with Crippen LogP contribution >= 0.6 is 12.2 Å². The molecule has 3 N–H and O–H groups in total. The van der Waals surface area contributed by atoms with E-state index in [1.807, 2.05) is 0 Å². The monoisotopic (exact) mass is 273 g/mol. The van der Waals surface area contributed by atoms with E-state index in [9.17, 15) is 8.42 Å². The third-order valence-electron chi connectivity index (χ3n) is 2.10. The molecule has 0 aliphatic heterocycles. The molecule has 0 bridgehead atoms. The van der Waals surface area contributed by atoms with E-state index < -0.39 is 10.0 Å². The maximum Gasteiger partial charge on any atom is 0.211 e. The molecule has 1 aromatic rings. The van der Waals surface area contributed by atoms with Gasteiger partial charge < -0.3 is 5.73 Å². The molecule has 1 heterocycles. The number of pyridine rings is 1. The first-order valence-corrected chi connectivity index (χ1v) is 7.20. The highest BCUT2D eigenvalue weighted by Gasteiger charge is 2.09. The smallest absolute Gasteiger partial charge is 0.211 e. The minimum absolute atomic E-state index is 0.0499. The fraction of sp³-hybridized carbons (Fsp3) is 0.400. The SMILES string of the molecule is NC(=S)CCNS(=O)(=O)CCc1ccncc1. The first-order valence-electron chi connectivity index (χ1n) is 5.14. The molecule has 5 nitrogen and oxygen atoms in total. The summed E-state index contributed by atoms with van der Waals surface area (Å²) in [6, 6.07) is 3.59. The normalized spacial score (nSPS) is 11.3. The van der Waals surface area contributed by atoms with Gasteiger partial charge in [-0.1, -0.05) is 12.2 Å². The number of nitrogens with one attached hydrogen (secondary N) is 1. The molecule has 0 unspecified atom stereocenters. The number of hydrogen-bond donors (Lipinski definition) is 2. The van der Waals surface area contributed by atoms with Crippen LogP contribution in [-0.4, -0.2) is 30.7 Å². The summed E-state index contributed by atoms with van der Waals surface area (Å²) in [5.74, 6) is 0.0499. The summed E-state index contributed by atoms with van der Waals surface area (Å²) in [4.78, 5) is 4.17. The van der Waals surface area contributed by atoms with Gasteiger partial charge in [-0.2, -0.15) is 0 Å². The molecule has 0 radical (unpaired) electrons. The van der Waals surface area contributed by atoms with Gasteiger partial charge in [0.15, 0.2) is 0 Å². The largest absolute Gasteiger partial charge is 0.393 e. The van der Waals surface area contributed by atoms with Crippen molar-refractivity contribution in [2.45, 2.75) is 12.8 Å². The maximum absolute atomic E-state index is 11.6. The third kappa shape index (κ3) is 6.30. The van der Waals surface area contributed by atoms with Crippen LogP contribution in [0.15, 0.2) is 24.5 Å². The second-order valence-electron chi connectivity index (χ2n) is 3.53. The zero-order valence-electron chi connectivity index (χ0n) is 9.30. The Morgan fingerprint density at radius 1 is 1.41 bits per heavy atom. The average Bonchev–Trinajstić information content (AvgIpc) is 2.27. The highest BCUT2D eigenvalue weighted by Crippen LogP contribution is 1.99. The van der Waals surface area contributed by atoms with E-state index in [0.717, 1.165) is 5.56 Å². The van der Waals surface area contributed by atoms with Crippen LogP contribution in [0.4, 0.5) is 0 Å². The highest BCUT2D eigenvalue weighted by molar-refractivity contribution is 7.89. The quantitative estimate of drug-likeness (QED) is 0.694. The van der Waals surface area contributed by atoms with Gasteiger partial charge in [0.2, 0.25) is 10.0 Å². The lowest BCUT2D eigenvalue weighted by molar-refractivity contribution is 0.582. The number of aromatic nitrogens is 1. The van der Waals surface area contributed by atoms with Crippen molar-refractivity contribution >= 4 is 27.2 Å². The minimum Gasteiger partial charge on any atom is -0.393 e. The first-order chi connectivity index (χ1) is 7.99. The van der Waals surface area contributed by atoms with Crippen molar-refractivity contribution in [2.24, 2.45) is 5.73 Å². The summed E-state index contributed by atoms with van der Waals surface area (Å²) < 4.78 is 25.6. The summed E-state index contributed by atoms with van der Waals surface area (Å²) in [5, 5.41) is 0. The number of hydrogen-bond acceptors (Lipinski definition) is 4. The maximum atomic E-state index is 11.6. The van der Waals surface area contributed by atoms with Crippen LogP contribution in [-0.2, 0) is 16.4 Å². The molecular formula is C10H15N3O2S2. The molecule has 0 aliphatic rings. The number of nitrogens with zero attached hydrogens (tertiary/aromatic N) is 1. The van der Waals surface area contributed by atoms with Crippen LogP contribution in [0.25, 0.3) is 0 Å². The number of nitrogens with two attached hydrogens (primary N) is 1. The summed E-state index contributed by atoms with van der Waals surface area (Å²) in [7, 11) is -3.26. The number of rotatable bonds is 7. The van der Waals surface area contributed by atoms with Gasteiger partial charge >= 0.3 is 0 Å². The Labute approximate surface area is 106 Å².